The molecule has 0 bridgehead atoms. The topological polar surface area (TPSA) is 86.3 Å². The number of ether oxygens (including phenoxy) is 1. The quantitative estimate of drug-likeness (QED) is 0.641. The summed E-state index contributed by atoms with van der Waals surface area (Å²) in [5, 5.41) is 4.27. The molecule has 1 saturated heterocycles. The van der Waals surface area contributed by atoms with Gasteiger partial charge in [-0.05, 0) is 44.0 Å². The Kier molecular flexibility index (Phi) is 5.42. The Bertz CT molecular complexity index is 1050. The lowest BCUT2D eigenvalue weighted by molar-refractivity contribution is 0.102. The van der Waals surface area contributed by atoms with Gasteiger partial charge in [-0.25, -0.2) is 4.98 Å². The SMILES string of the molecule is O=c1cc(-c2cccnc2)ncn1CC1CCN(Cc2noc3c2COCC3)CC1. The van der Waals surface area contributed by atoms with E-state index >= 15 is 0 Å². The van der Waals surface area contributed by atoms with E-state index in [-0.39, 0.29) is 5.56 Å². The molecular weight excluding hydrogens is 382 g/mol. The van der Waals surface area contributed by atoms with Crippen molar-refractivity contribution in [1.82, 2.24) is 24.6 Å². The molecule has 5 heterocycles. The van der Waals surface area contributed by atoms with E-state index in [1.165, 1.54) is 0 Å². The van der Waals surface area contributed by atoms with Crippen LogP contribution in [0.1, 0.15) is 29.9 Å². The summed E-state index contributed by atoms with van der Waals surface area (Å²) in [6.07, 6.45) is 8.01. The summed E-state index contributed by atoms with van der Waals surface area (Å²) in [5.74, 6) is 1.45. The largest absolute Gasteiger partial charge is 0.376 e. The molecule has 30 heavy (non-hydrogen) atoms. The average molecular weight is 407 g/mol. The Morgan fingerprint density at radius 3 is 2.93 bits per heavy atom. The molecule has 0 N–H and O–H groups in total. The lowest BCUT2D eigenvalue weighted by Gasteiger charge is -2.31. The predicted octanol–water partition coefficient (Wildman–Crippen LogP) is 2.28. The van der Waals surface area contributed by atoms with E-state index in [0.29, 0.717) is 31.4 Å². The predicted molar refractivity (Wildman–Crippen MR) is 110 cm³/mol. The maximum absolute atomic E-state index is 12.6. The van der Waals surface area contributed by atoms with Crippen molar-refractivity contribution in [3.63, 3.8) is 0 Å². The van der Waals surface area contributed by atoms with Gasteiger partial charge in [0.15, 0.2) is 0 Å². The minimum Gasteiger partial charge on any atom is -0.376 e. The van der Waals surface area contributed by atoms with E-state index in [4.69, 9.17) is 9.26 Å². The molecule has 3 aromatic rings. The number of likely N-dealkylation sites (tertiary alicyclic amines) is 1. The molecule has 8 heteroatoms. The second-order valence-electron chi connectivity index (χ2n) is 8.06. The Hall–Kier alpha value is -2.84. The summed E-state index contributed by atoms with van der Waals surface area (Å²) in [6, 6.07) is 5.35. The van der Waals surface area contributed by atoms with Crippen molar-refractivity contribution in [2.75, 3.05) is 19.7 Å². The standard InChI is InChI=1S/C22H25N5O3/c28-22-10-19(17-2-1-6-23-11-17)24-15-27(22)12-16-3-7-26(8-4-16)13-20-18-14-29-9-5-21(18)30-25-20/h1-2,6,10-11,15-16H,3-5,7-9,12-14H2. The third-order valence-electron chi connectivity index (χ3n) is 6.04. The number of hydrogen-bond acceptors (Lipinski definition) is 7. The van der Waals surface area contributed by atoms with Gasteiger partial charge in [0.2, 0.25) is 0 Å². The second kappa shape index (κ2) is 8.49. The first-order valence-corrected chi connectivity index (χ1v) is 10.5. The Morgan fingerprint density at radius 2 is 2.13 bits per heavy atom. The lowest BCUT2D eigenvalue weighted by Crippen LogP contribution is -2.36. The molecule has 1 fully saturated rings. The number of pyridine rings is 1. The van der Waals surface area contributed by atoms with Gasteiger partial charge in [0.1, 0.15) is 11.5 Å². The zero-order chi connectivity index (χ0) is 20.3. The average Bonchev–Trinajstić information content (AvgIpc) is 3.20. The van der Waals surface area contributed by atoms with Crippen molar-refractivity contribution < 1.29 is 9.26 Å². The minimum atomic E-state index is -0.0134. The van der Waals surface area contributed by atoms with Gasteiger partial charge in [-0.15, -0.1) is 0 Å². The normalized spacial score (nSPS) is 17.7. The molecule has 5 rings (SSSR count). The summed E-state index contributed by atoms with van der Waals surface area (Å²) in [7, 11) is 0. The van der Waals surface area contributed by atoms with Crippen LogP contribution in [0, 0.1) is 5.92 Å². The summed E-state index contributed by atoms with van der Waals surface area (Å²) in [6.45, 7) is 4.81. The molecule has 3 aromatic heterocycles. The molecule has 0 amide bonds. The van der Waals surface area contributed by atoms with Gasteiger partial charge in [0.05, 0.1) is 25.2 Å². The van der Waals surface area contributed by atoms with E-state index in [0.717, 1.165) is 61.5 Å². The highest BCUT2D eigenvalue weighted by Gasteiger charge is 2.25. The fraction of sp³-hybridized carbons (Fsp3) is 0.455. The number of aromatic nitrogens is 4. The zero-order valence-corrected chi connectivity index (χ0v) is 16.9. The van der Waals surface area contributed by atoms with Crippen LogP contribution in [0.5, 0.6) is 0 Å². The lowest BCUT2D eigenvalue weighted by atomic mass is 9.96. The molecular formula is C22H25N5O3. The molecule has 8 nitrogen and oxygen atoms in total. The molecule has 0 saturated carbocycles. The zero-order valence-electron chi connectivity index (χ0n) is 16.9. The summed E-state index contributed by atoms with van der Waals surface area (Å²) in [5.41, 5.74) is 3.65. The molecule has 0 unspecified atom stereocenters. The van der Waals surface area contributed by atoms with Crippen molar-refractivity contribution in [3.8, 4) is 11.3 Å². The first-order valence-electron chi connectivity index (χ1n) is 10.5. The highest BCUT2D eigenvalue weighted by Crippen LogP contribution is 2.25. The van der Waals surface area contributed by atoms with Crippen LogP contribution in [0.3, 0.4) is 0 Å². The van der Waals surface area contributed by atoms with Crippen LogP contribution in [-0.4, -0.2) is 44.3 Å². The van der Waals surface area contributed by atoms with Gasteiger partial charge < -0.3 is 9.26 Å². The fourth-order valence-corrected chi connectivity index (χ4v) is 4.26. The smallest absolute Gasteiger partial charge is 0.253 e. The third-order valence-corrected chi connectivity index (χ3v) is 6.04. The maximum Gasteiger partial charge on any atom is 0.253 e. The van der Waals surface area contributed by atoms with Gasteiger partial charge in [-0.2, -0.15) is 0 Å². The number of fused-ring (bicyclic) bond motifs is 1. The van der Waals surface area contributed by atoms with Gasteiger partial charge in [-0.1, -0.05) is 5.16 Å². The highest BCUT2D eigenvalue weighted by atomic mass is 16.5. The van der Waals surface area contributed by atoms with E-state index in [9.17, 15) is 4.79 Å². The van der Waals surface area contributed by atoms with Gasteiger partial charge in [-0.3, -0.25) is 19.2 Å². The molecule has 0 aromatic carbocycles. The molecule has 2 aliphatic rings. The Balaban J connectivity index is 1.18. The first kappa shape index (κ1) is 19.1. The van der Waals surface area contributed by atoms with Gasteiger partial charge >= 0.3 is 0 Å². The summed E-state index contributed by atoms with van der Waals surface area (Å²) < 4.78 is 12.8. The van der Waals surface area contributed by atoms with Crippen molar-refractivity contribution in [2.24, 2.45) is 5.92 Å². The van der Waals surface area contributed by atoms with Crippen LogP contribution in [-0.2, 0) is 30.9 Å². The fourth-order valence-electron chi connectivity index (χ4n) is 4.26. The molecule has 0 atom stereocenters. The van der Waals surface area contributed by atoms with Crippen LogP contribution in [0.2, 0.25) is 0 Å². The molecule has 0 spiro atoms. The van der Waals surface area contributed by atoms with E-state index in [2.05, 4.69) is 20.0 Å². The Morgan fingerprint density at radius 1 is 1.23 bits per heavy atom. The molecule has 0 radical (unpaired) electrons. The third kappa shape index (κ3) is 4.06. The number of piperidine rings is 1. The van der Waals surface area contributed by atoms with Crippen molar-refractivity contribution >= 4 is 0 Å². The van der Waals surface area contributed by atoms with Gasteiger partial charge in [0, 0.05) is 49.1 Å². The Labute approximate surface area is 174 Å². The van der Waals surface area contributed by atoms with Crippen molar-refractivity contribution in [3.05, 3.63) is 64.3 Å². The second-order valence-corrected chi connectivity index (χ2v) is 8.06. The minimum absolute atomic E-state index is 0.0134. The van der Waals surface area contributed by atoms with Crippen molar-refractivity contribution in [1.29, 1.82) is 0 Å². The number of rotatable bonds is 5. The molecule has 0 aliphatic carbocycles. The monoisotopic (exact) mass is 407 g/mol. The number of hydrogen-bond donors (Lipinski definition) is 0. The van der Waals surface area contributed by atoms with E-state index < -0.39 is 0 Å². The highest BCUT2D eigenvalue weighted by molar-refractivity contribution is 5.56. The van der Waals surface area contributed by atoms with Crippen LogP contribution < -0.4 is 5.56 Å². The summed E-state index contributed by atoms with van der Waals surface area (Å²) >= 11 is 0. The van der Waals surface area contributed by atoms with Crippen LogP contribution in [0.25, 0.3) is 11.3 Å². The van der Waals surface area contributed by atoms with Crippen LogP contribution >= 0.6 is 0 Å². The molecule has 2 aliphatic heterocycles. The summed E-state index contributed by atoms with van der Waals surface area (Å²) in [4.78, 5) is 23.5. The first-order chi connectivity index (χ1) is 14.8. The molecule has 156 valence electrons. The number of nitrogens with zero attached hydrogens (tertiary/aromatic N) is 5. The van der Waals surface area contributed by atoms with E-state index in [1.54, 1.807) is 29.4 Å². The van der Waals surface area contributed by atoms with Gasteiger partial charge in [0.25, 0.3) is 5.56 Å². The van der Waals surface area contributed by atoms with E-state index in [1.807, 2.05) is 12.1 Å². The van der Waals surface area contributed by atoms with Crippen LogP contribution in [0.15, 0.2) is 46.2 Å². The van der Waals surface area contributed by atoms with Crippen molar-refractivity contribution in [2.45, 2.75) is 39.0 Å². The maximum atomic E-state index is 12.6. The van der Waals surface area contributed by atoms with Crippen LogP contribution in [0.4, 0.5) is 0 Å².